The van der Waals surface area contributed by atoms with E-state index in [0.29, 0.717) is 0 Å². The first-order valence-corrected chi connectivity index (χ1v) is 10.2. The Hall–Kier alpha value is -3.06. The predicted octanol–water partition coefficient (Wildman–Crippen LogP) is 3.31. The van der Waals surface area contributed by atoms with Gasteiger partial charge in [-0.3, -0.25) is 4.98 Å². The Kier molecular flexibility index (Phi) is 4.81. The van der Waals surface area contributed by atoms with E-state index in [1.807, 2.05) is 19.1 Å². The van der Waals surface area contributed by atoms with Crippen LogP contribution in [0.5, 0.6) is 0 Å². The lowest BCUT2D eigenvalue weighted by Crippen LogP contribution is -2.36. The van der Waals surface area contributed by atoms with Gasteiger partial charge >= 0.3 is 0 Å². The van der Waals surface area contributed by atoms with Crippen LogP contribution in [0, 0.1) is 6.92 Å². The fourth-order valence-electron chi connectivity index (χ4n) is 3.94. The van der Waals surface area contributed by atoms with Crippen LogP contribution >= 0.6 is 0 Å². The van der Waals surface area contributed by atoms with Crippen molar-refractivity contribution >= 4 is 17.3 Å². The van der Waals surface area contributed by atoms with Gasteiger partial charge < -0.3 is 15.0 Å². The van der Waals surface area contributed by atoms with Crippen LogP contribution in [0.2, 0.25) is 0 Å². The third kappa shape index (κ3) is 3.65. The number of hydrogen-bond acceptors (Lipinski definition) is 7. The minimum absolute atomic E-state index is 0.742. The summed E-state index contributed by atoms with van der Waals surface area (Å²) in [6.07, 6.45) is 6.67. The number of anilines is 3. The van der Waals surface area contributed by atoms with E-state index in [1.54, 1.807) is 12.4 Å². The van der Waals surface area contributed by atoms with Crippen molar-refractivity contribution in [3.05, 3.63) is 53.6 Å². The monoisotopic (exact) mass is 388 g/mol. The molecule has 0 bridgehead atoms. The minimum atomic E-state index is 0.742. The molecular weight excluding hydrogens is 364 g/mol. The molecule has 1 N–H and O–H groups in total. The van der Waals surface area contributed by atoms with Crippen LogP contribution in [0.4, 0.5) is 17.3 Å². The number of aromatic nitrogens is 4. The molecule has 4 heterocycles. The van der Waals surface area contributed by atoms with Crippen LogP contribution in [0.1, 0.15) is 23.4 Å². The van der Waals surface area contributed by atoms with E-state index in [1.165, 1.54) is 5.56 Å². The quantitative estimate of drug-likeness (QED) is 0.735. The maximum atomic E-state index is 5.44. The molecule has 7 nitrogen and oxygen atoms in total. The molecule has 2 aliphatic rings. The fourth-order valence-corrected chi connectivity index (χ4v) is 3.94. The fraction of sp³-hybridized carbons (Fsp3) is 0.364. The highest BCUT2D eigenvalue weighted by Crippen LogP contribution is 2.32. The summed E-state index contributed by atoms with van der Waals surface area (Å²) in [5, 5.41) is 3.54. The number of fused-ring (bicyclic) bond motifs is 1. The van der Waals surface area contributed by atoms with Gasteiger partial charge in [-0.05, 0) is 50.5 Å². The van der Waals surface area contributed by atoms with Crippen LogP contribution in [-0.4, -0.2) is 46.2 Å². The predicted molar refractivity (Wildman–Crippen MR) is 113 cm³/mol. The van der Waals surface area contributed by atoms with E-state index in [2.05, 4.69) is 27.3 Å². The van der Waals surface area contributed by atoms with E-state index < -0.39 is 0 Å². The summed E-state index contributed by atoms with van der Waals surface area (Å²) in [4.78, 5) is 20.9. The molecule has 1 saturated heterocycles. The standard InChI is InChI=1S/C22H24N6O/c1-15-18(5-6-20(24-15)28-11-13-29-14-12-28)25-22-17-3-2-4-19(17)26-21(27-22)16-7-9-23-10-8-16/h5-10H,2-4,11-14H2,1H3,(H,25,26,27). The summed E-state index contributed by atoms with van der Waals surface area (Å²) < 4.78 is 5.44. The highest BCUT2D eigenvalue weighted by atomic mass is 16.5. The minimum Gasteiger partial charge on any atom is -0.378 e. The summed E-state index contributed by atoms with van der Waals surface area (Å²) in [5.74, 6) is 2.64. The average Bonchev–Trinajstić information content (AvgIpc) is 3.25. The number of hydrogen-bond donors (Lipinski definition) is 1. The Morgan fingerprint density at radius 3 is 2.59 bits per heavy atom. The number of pyridine rings is 2. The number of rotatable bonds is 4. The van der Waals surface area contributed by atoms with Crippen LogP contribution in [0.25, 0.3) is 11.4 Å². The van der Waals surface area contributed by atoms with Gasteiger partial charge in [0.1, 0.15) is 11.6 Å². The number of aryl methyl sites for hydroxylation is 2. The number of nitrogens with one attached hydrogen (secondary N) is 1. The molecule has 0 radical (unpaired) electrons. The van der Waals surface area contributed by atoms with Gasteiger partial charge in [0.05, 0.1) is 24.6 Å². The summed E-state index contributed by atoms with van der Waals surface area (Å²) in [6, 6.07) is 8.07. The zero-order valence-electron chi connectivity index (χ0n) is 16.6. The molecule has 3 aromatic heterocycles. The number of morpholine rings is 1. The summed E-state index contributed by atoms with van der Waals surface area (Å²) >= 11 is 0. The molecule has 29 heavy (non-hydrogen) atoms. The maximum absolute atomic E-state index is 5.44. The molecule has 5 rings (SSSR count). The zero-order chi connectivity index (χ0) is 19.6. The van der Waals surface area contributed by atoms with E-state index in [0.717, 1.165) is 85.7 Å². The first kappa shape index (κ1) is 18.0. The molecule has 0 saturated carbocycles. The molecule has 0 spiro atoms. The third-order valence-corrected chi connectivity index (χ3v) is 5.53. The van der Waals surface area contributed by atoms with Gasteiger partial charge in [-0.2, -0.15) is 0 Å². The maximum Gasteiger partial charge on any atom is 0.161 e. The summed E-state index contributed by atoms with van der Waals surface area (Å²) in [6.45, 7) is 5.32. The molecule has 3 aromatic rings. The first-order chi connectivity index (χ1) is 14.3. The summed E-state index contributed by atoms with van der Waals surface area (Å²) in [5.41, 5.74) is 5.29. The SMILES string of the molecule is Cc1nc(N2CCOCC2)ccc1Nc1nc(-c2ccncc2)nc2c1CCC2. The lowest BCUT2D eigenvalue weighted by molar-refractivity contribution is 0.122. The van der Waals surface area contributed by atoms with Crippen molar-refractivity contribution in [1.29, 1.82) is 0 Å². The van der Waals surface area contributed by atoms with Crippen molar-refractivity contribution < 1.29 is 4.74 Å². The molecule has 1 aliphatic heterocycles. The highest BCUT2D eigenvalue weighted by Gasteiger charge is 2.21. The third-order valence-electron chi connectivity index (χ3n) is 5.53. The van der Waals surface area contributed by atoms with Crippen LogP contribution in [0.3, 0.4) is 0 Å². The molecule has 0 unspecified atom stereocenters. The Bertz CT molecular complexity index is 1020. The smallest absolute Gasteiger partial charge is 0.161 e. The number of nitrogens with zero attached hydrogens (tertiary/aromatic N) is 5. The zero-order valence-corrected chi connectivity index (χ0v) is 16.6. The molecule has 148 valence electrons. The first-order valence-electron chi connectivity index (χ1n) is 10.2. The normalized spacial score (nSPS) is 16.0. The largest absolute Gasteiger partial charge is 0.378 e. The molecule has 1 fully saturated rings. The molecule has 0 aromatic carbocycles. The van der Waals surface area contributed by atoms with Crippen molar-refractivity contribution in [3.8, 4) is 11.4 Å². The van der Waals surface area contributed by atoms with Gasteiger partial charge in [0.25, 0.3) is 0 Å². The van der Waals surface area contributed by atoms with Crippen molar-refractivity contribution in [3.63, 3.8) is 0 Å². The molecule has 0 atom stereocenters. The van der Waals surface area contributed by atoms with Crippen molar-refractivity contribution in [2.45, 2.75) is 26.2 Å². The van der Waals surface area contributed by atoms with E-state index in [9.17, 15) is 0 Å². The lowest BCUT2D eigenvalue weighted by atomic mass is 10.2. The van der Waals surface area contributed by atoms with Gasteiger partial charge in [-0.1, -0.05) is 0 Å². The van der Waals surface area contributed by atoms with Crippen molar-refractivity contribution in [2.24, 2.45) is 0 Å². The second kappa shape index (κ2) is 7.75. The molecular formula is C22H24N6O. The number of ether oxygens (including phenoxy) is 1. The lowest BCUT2D eigenvalue weighted by Gasteiger charge is -2.28. The summed E-state index contributed by atoms with van der Waals surface area (Å²) in [7, 11) is 0. The van der Waals surface area contributed by atoms with Crippen LogP contribution in [0.15, 0.2) is 36.7 Å². The molecule has 7 heteroatoms. The van der Waals surface area contributed by atoms with Crippen LogP contribution in [-0.2, 0) is 17.6 Å². The molecule has 1 aliphatic carbocycles. The molecule has 0 amide bonds. The van der Waals surface area contributed by atoms with Gasteiger partial charge in [-0.15, -0.1) is 0 Å². The Labute approximate surface area is 170 Å². The van der Waals surface area contributed by atoms with E-state index in [4.69, 9.17) is 19.7 Å². The second-order valence-electron chi connectivity index (χ2n) is 7.44. The van der Waals surface area contributed by atoms with Gasteiger partial charge in [0.2, 0.25) is 0 Å². The van der Waals surface area contributed by atoms with Crippen molar-refractivity contribution in [1.82, 2.24) is 19.9 Å². The second-order valence-corrected chi connectivity index (χ2v) is 7.44. The Balaban J connectivity index is 1.46. The Morgan fingerprint density at radius 2 is 1.79 bits per heavy atom. The topological polar surface area (TPSA) is 76.1 Å². The average molecular weight is 388 g/mol. The van der Waals surface area contributed by atoms with Gasteiger partial charge in [0.15, 0.2) is 5.82 Å². The van der Waals surface area contributed by atoms with Crippen LogP contribution < -0.4 is 10.2 Å². The highest BCUT2D eigenvalue weighted by molar-refractivity contribution is 5.67. The van der Waals surface area contributed by atoms with E-state index in [-0.39, 0.29) is 0 Å². The van der Waals surface area contributed by atoms with Gasteiger partial charge in [0, 0.05) is 42.3 Å². The van der Waals surface area contributed by atoms with Crippen molar-refractivity contribution in [2.75, 3.05) is 36.5 Å². The Morgan fingerprint density at radius 1 is 0.966 bits per heavy atom. The van der Waals surface area contributed by atoms with E-state index >= 15 is 0 Å². The van der Waals surface area contributed by atoms with Gasteiger partial charge in [-0.25, -0.2) is 15.0 Å².